The fraction of sp³-hybridized carbons (Fsp3) is 0.600. The van der Waals surface area contributed by atoms with Crippen molar-refractivity contribution in [2.24, 2.45) is 5.73 Å². The molecule has 0 aromatic heterocycles. The number of rotatable bonds is 5. The highest BCUT2D eigenvalue weighted by atomic mass is 16.3. The Morgan fingerprint density at radius 3 is 2.33 bits per heavy atom. The molecule has 0 saturated heterocycles. The van der Waals surface area contributed by atoms with Gasteiger partial charge in [0.2, 0.25) is 0 Å². The molecular formula is C15H26N2O. The lowest BCUT2D eigenvalue weighted by atomic mass is 9.91. The van der Waals surface area contributed by atoms with Crippen LogP contribution in [0.3, 0.4) is 0 Å². The van der Waals surface area contributed by atoms with Crippen LogP contribution in [0.15, 0.2) is 18.2 Å². The Bertz CT molecular complexity index is 388. The van der Waals surface area contributed by atoms with Crippen LogP contribution in [-0.2, 0) is 0 Å². The number of benzene rings is 1. The Morgan fingerprint density at radius 2 is 1.89 bits per heavy atom. The fourth-order valence-electron chi connectivity index (χ4n) is 2.30. The van der Waals surface area contributed by atoms with E-state index in [2.05, 4.69) is 39.0 Å². The molecule has 18 heavy (non-hydrogen) atoms. The van der Waals surface area contributed by atoms with Crippen molar-refractivity contribution in [2.45, 2.75) is 38.8 Å². The maximum atomic E-state index is 10.1. The number of nitrogens with two attached hydrogens (primary N) is 1. The molecule has 0 radical (unpaired) electrons. The third-order valence-electron chi connectivity index (χ3n) is 3.45. The minimum atomic E-state index is -0.541. The van der Waals surface area contributed by atoms with E-state index in [1.807, 2.05) is 19.0 Å². The summed E-state index contributed by atoms with van der Waals surface area (Å²) < 4.78 is 0. The number of aliphatic hydroxyl groups is 1. The summed E-state index contributed by atoms with van der Waals surface area (Å²) in [6.45, 7) is 6.71. The van der Waals surface area contributed by atoms with E-state index in [0.29, 0.717) is 5.92 Å². The zero-order valence-electron chi connectivity index (χ0n) is 12.1. The Balaban J connectivity index is 3.22. The Labute approximate surface area is 111 Å². The maximum Gasteiger partial charge on any atom is 0.0858 e. The van der Waals surface area contributed by atoms with Crippen molar-refractivity contribution in [1.29, 1.82) is 0 Å². The van der Waals surface area contributed by atoms with E-state index < -0.39 is 6.10 Å². The van der Waals surface area contributed by atoms with E-state index in [1.165, 1.54) is 16.7 Å². The van der Waals surface area contributed by atoms with Gasteiger partial charge < -0.3 is 15.7 Å². The fourth-order valence-corrected chi connectivity index (χ4v) is 2.30. The molecule has 3 heteroatoms. The zero-order valence-corrected chi connectivity index (χ0v) is 12.1. The van der Waals surface area contributed by atoms with Crippen molar-refractivity contribution < 1.29 is 5.11 Å². The van der Waals surface area contributed by atoms with Crippen molar-refractivity contribution in [2.75, 3.05) is 20.6 Å². The second-order valence-corrected chi connectivity index (χ2v) is 5.48. The maximum absolute atomic E-state index is 10.1. The third kappa shape index (κ3) is 3.31. The van der Waals surface area contributed by atoms with E-state index in [0.717, 1.165) is 0 Å². The van der Waals surface area contributed by atoms with Crippen LogP contribution >= 0.6 is 0 Å². The summed E-state index contributed by atoms with van der Waals surface area (Å²) in [5, 5.41) is 10.1. The third-order valence-corrected chi connectivity index (χ3v) is 3.45. The monoisotopic (exact) mass is 250 g/mol. The van der Waals surface area contributed by atoms with Crippen LogP contribution in [0.1, 0.15) is 42.5 Å². The average Bonchev–Trinajstić information content (AvgIpc) is 2.30. The summed E-state index contributed by atoms with van der Waals surface area (Å²) in [6.07, 6.45) is -0.541. The van der Waals surface area contributed by atoms with Gasteiger partial charge in [-0.1, -0.05) is 32.0 Å². The minimum Gasteiger partial charge on any atom is -0.390 e. The largest absolute Gasteiger partial charge is 0.390 e. The molecule has 0 aliphatic carbocycles. The lowest BCUT2D eigenvalue weighted by Gasteiger charge is -2.30. The first-order valence-electron chi connectivity index (χ1n) is 6.53. The van der Waals surface area contributed by atoms with Crippen molar-refractivity contribution in [3.05, 3.63) is 34.9 Å². The highest BCUT2D eigenvalue weighted by Gasteiger charge is 2.24. The number of hydrogen-bond acceptors (Lipinski definition) is 3. The van der Waals surface area contributed by atoms with Gasteiger partial charge in [0.15, 0.2) is 0 Å². The quantitative estimate of drug-likeness (QED) is 0.841. The first kappa shape index (κ1) is 15.2. The smallest absolute Gasteiger partial charge is 0.0858 e. The van der Waals surface area contributed by atoms with Gasteiger partial charge >= 0.3 is 0 Å². The van der Waals surface area contributed by atoms with Crippen molar-refractivity contribution in [3.63, 3.8) is 0 Å². The summed E-state index contributed by atoms with van der Waals surface area (Å²) in [6, 6.07) is 6.44. The molecule has 3 N–H and O–H groups in total. The summed E-state index contributed by atoms with van der Waals surface area (Å²) in [5.74, 6) is 0.488. The van der Waals surface area contributed by atoms with E-state index in [-0.39, 0.29) is 12.6 Å². The molecular weight excluding hydrogens is 224 g/mol. The molecule has 0 aliphatic rings. The van der Waals surface area contributed by atoms with Crippen LogP contribution < -0.4 is 5.73 Å². The molecule has 3 nitrogen and oxygen atoms in total. The van der Waals surface area contributed by atoms with Gasteiger partial charge in [-0.3, -0.25) is 0 Å². The summed E-state index contributed by atoms with van der Waals surface area (Å²) in [7, 11) is 3.95. The number of likely N-dealkylation sites (N-methyl/N-ethyl adjacent to an activating group) is 1. The molecule has 0 fully saturated rings. The second kappa shape index (κ2) is 6.32. The molecule has 0 saturated carbocycles. The molecule has 0 heterocycles. The van der Waals surface area contributed by atoms with Gasteiger partial charge in [-0.25, -0.2) is 0 Å². The van der Waals surface area contributed by atoms with Gasteiger partial charge in [-0.15, -0.1) is 0 Å². The first-order valence-corrected chi connectivity index (χ1v) is 6.53. The average molecular weight is 250 g/mol. The van der Waals surface area contributed by atoms with Gasteiger partial charge in [0.25, 0.3) is 0 Å². The van der Waals surface area contributed by atoms with Crippen LogP contribution in [0.4, 0.5) is 0 Å². The van der Waals surface area contributed by atoms with Crippen LogP contribution in [-0.4, -0.2) is 36.8 Å². The molecule has 0 amide bonds. The number of nitrogens with zero attached hydrogens (tertiary/aromatic N) is 1. The first-order chi connectivity index (χ1) is 8.38. The number of aliphatic hydroxyl groups excluding tert-OH is 1. The molecule has 0 aliphatic heterocycles. The van der Waals surface area contributed by atoms with Crippen LogP contribution in [0.25, 0.3) is 0 Å². The Kier molecular flexibility index (Phi) is 5.32. The predicted octanol–water partition coefficient (Wildman–Crippen LogP) is 2.04. The highest BCUT2D eigenvalue weighted by Crippen LogP contribution is 2.28. The molecule has 2 unspecified atom stereocenters. The number of aryl methyl sites for hydroxylation is 1. The Hall–Kier alpha value is -0.900. The van der Waals surface area contributed by atoms with Gasteiger partial charge in [-0.2, -0.15) is 0 Å². The van der Waals surface area contributed by atoms with Gasteiger partial charge in [0, 0.05) is 6.54 Å². The summed E-state index contributed by atoms with van der Waals surface area (Å²) in [5.41, 5.74) is 9.29. The summed E-state index contributed by atoms with van der Waals surface area (Å²) in [4.78, 5) is 2.03. The SMILES string of the molecule is Cc1ccc(C(C)C)cc1C(C(O)CN)N(C)C. The van der Waals surface area contributed by atoms with Crippen LogP contribution in [0, 0.1) is 6.92 Å². The van der Waals surface area contributed by atoms with Gasteiger partial charge in [0.1, 0.15) is 0 Å². The number of hydrogen-bond donors (Lipinski definition) is 2. The van der Waals surface area contributed by atoms with Crippen LogP contribution in [0.5, 0.6) is 0 Å². The van der Waals surface area contributed by atoms with E-state index in [1.54, 1.807) is 0 Å². The van der Waals surface area contributed by atoms with Crippen molar-refractivity contribution in [3.8, 4) is 0 Å². The highest BCUT2D eigenvalue weighted by molar-refractivity contribution is 5.35. The molecule has 1 rings (SSSR count). The van der Waals surface area contributed by atoms with Crippen molar-refractivity contribution >= 4 is 0 Å². The van der Waals surface area contributed by atoms with Gasteiger partial charge in [0.05, 0.1) is 12.1 Å². The van der Waals surface area contributed by atoms with E-state index in [9.17, 15) is 5.11 Å². The zero-order chi connectivity index (χ0) is 13.9. The standard InChI is InChI=1S/C15H26N2O/c1-10(2)12-7-6-11(3)13(8-12)15(17(4)5)14(18)9-16/h6-8,10,14-15,18H,9,16H2,1-5H3. The van der Waals surface area contributed by atoms with Gasteiger partial charge in [-0.05, 0) is 43.6 Å². The van der Waals surface area contributed by atoms with Crippen LogP contribution in [0.2, 0.25) is 0 Å². The molecule has 1 aromatic carbocycles. The second-order valence-electron chi connectivity index (χ2n) is 5.48. The van der Waals surface area contributed by atoms with Crippen molar-refractivity contribution in [1.82, 2.24) is 4.90 Å². The lowest BCUT2D eigenvalue weighted by molar-refractivity contribution is 0.0819. The Morgan fingerprint density at radius 1 is 1.28 bits per heavy atom. The molecule has 2 atom stereocenters. The lowest BCUT2D eigenvalue weighted by Crippen LogP contribution is -2.36. The molecule has 1 aromatic rings. The normalized spacial score (nSPS) is 15.2. The minimum absolute atomic E-state index is 0.0475. The molecule has 0 bridgehead atoms. The van der Waals surface area contributed by atoms with E-state index in [4.69, 9.17) is 5.73 Å². The summed E-state index contributed by atoms with van der Waals surface area (Å²) >= 11 is 0. The molecule has 0 spiro atoms. The molecule has 102 valence electrons. The topological polar surface area (TPSA) is 49.5 Å². The predicted molar refractivity (Wildman–Crippen MR) is 76.8 cm³/mol. The van der Waals surface area contributed by atoms with E-state index >= 15 is 0 Å².